The van der Waals surface area contributed by atoms with Crippen LogP contribution in [-0.4, -0.2) is 16.0 Å². The molecule has 2 aromatic heterocycles. The van der Waals surface area contributed by atoms with Crippen LogP contribution in [-0.2, 0) is 7.05 Å². The zero-order valence-corrected chi connectivity index (χ0v) is 8.19. The van der Waals surface area contributed by atoms with Crippen molar-refractivity contribution < 1.29 is 8.78 Å². The van der Waals surface area contributed by atoms with Crippen molar-refractivity contribution in [2.75, 3.05) is 0 Å². The van der Waals surface area contributed by atoms with Crippen LogP contribution in [0.3, 0.4) is 0 Å². The summed E-state index contributed by atoms with van der Waals surface area (Å²) in [7, 11) is 1.76. The highest BCUT2D eigenvalue weighted by atomic mass is 19.3. The van der Waals surface area contributed by atoms with Crippen LogP contribution in [0.5, 0.6) is 0 Å². The first-order chi connectivity index (χ1) is 7.11. The maximum absolute atomic E-state index is 12.5. The summed E-state index contributed by atoms with van der Waals surface area (Å²) in [6, 6.07) is 2.21. The topological polar surface area (TPSA) is 43.8 Å². The molecule has 2 heterocycles. The third-order valence-corrected chi connectivity index (χ3v) is 2.40. The van der Waals surface area contributed by atoms with E-state index in [1.54, 1.807) is 36.1 Å². The predicted octanol–water partition coefficient (Wildman–Crippen LogP) is 1.84. The second kappa shape index (κ2) is 3.58. The lowest BCUT2D eigenvalue weighted by molar-refractivity contribution is 0.117. The molecular weight excluding hydrogens is 200 g/mol. The predicted molar refractivity (Wildman–Crippen MR) is 53.6 cm³/mol. The van der Waals surface area contributed by atoms with Crippen LogP contribution in [0.2, 0.25) is 0 Å². The van der Waals surface area contributed by atoms with Crippen molar-refractivity contribution in [2.45, 2.75) is 12.5 Å². The Bertz CT molecular complexity index is 478. The molecular formula is C10H11F2N3. The SMILES string of the molecule is Cn1cc(C(N)C(F)F)c2cccnc21. The van der Waals surface area contributed by atoms with Gasteiger partial charge in [0, 0.05) is 30.4 Å². The Labute approximate surface area is 85.5 Å². The summed E-state index contributed by atoms with van der Waals surface area (Å²) >= 11 is 0. The Morgan fingerprint density at radius 1 is 1.47 bits per heavy atom. The van der Waals surface area contributed by atoms with Crippen LogP contribution >= 0.6 is 0 Å². The van der Waals surface area contributed by atoms with Crippen molar-refractivity contribution >= 4 is 11.0 Å². The number of hydrogen-bond acceptors (Lipinski definition) is 2. The molecule has 3 nitrogen and oxygen atoms in total. The normalized spacial score (nSPS) is 13.7. The van der Waals surface area contributed by atoms with Gasteiger partial charge in [0.25, 0.3) is 6.43 Å². The summed E-state index contributed by atoms with van der Waals surface area (Å²) in [4.78, 5) is 4.11. The fourth-order valence-electron chi connectivity index (χ4n) is 1.64. The van der Waals surface area contributed by atoms with E-state index < -0.39 is 12.5 Å². The lowest BCUT2D eigenvalue weighted by atomic mass is 10.1. The van der Waals surface area contributed by atoms with Crippen molar-refractivity contribution in [2.24, 2.45) is 12.8 Å². The van der Waals surface area contributed by atoms with Gasteiger partial charge in [-0.2, -0.15) is 0 Å². The maximum atomic E-state index is 12.5. The van der Waals surface area contributed by atoms with Gasteiger partial charge in [-0.05, 0) is 12.1 Å². The summed E-state index contributed by atoms with van der Waals surface area (Å²) in [5.41, 5.74) is 6.54. The Morgan fingerprint density at radius 2 is 2.20 bits per heavy atom. The van der Waals surface area contributed by atoms with E-state index in [1.807, 2.05) is 0 Å². The third kappa shape index (κ3) is 1.59. The van der Waals surface area contributed by atoms with Gasteiger partial charge in [0.2, 0.25) is 0 Å². The molecule has 15 heavy (non-hydrogen) atoms. The number of alkyl halides is 2. The number of fused-ring (bicyclic) bond motifs is 1. The molecule has 0 saturated heterocycles. The van der Waals surface area contributed by atoms with E-state index in [2.05, 4.69) is 4.98 Å². The molecule has 0 fully saturated rings. The molecule has 80 valence electrons. The van der Waals surface area contributed by atoms with E-state index in [1.165, 1.54) is 0 Å². The average molecular weight is 211 g/mol. The van der Waals surface area contributed by atoms with E-state index in [4.69, 9.17) is 5.73 Å². The standard InChI is InChI=1S/C10H11F2N3/c1-15-5-7(8(13)9(11)12)6-3-2-4-14-10(6)15/h2-5,8-9H,13H2,1H3. The molecule has 1 unspecified atom stereocenters. The van der Waals surface area contributed by atoms with Crippen LogP contribution in [0, 0.1) is 0 Å². The highest BCUT2D eigenvalue weighted by Gasteiger charge is 2.21. The van der Waals surface area contributed by atoms with Gasteiger partial charge >= 0.3 is 0 Å². The first-order valence-corrected chi connectivity index (χ1v) is 4.55. The molecule has 0 radical (unpaired) electrons. The fraction of sp³-hybridized carbons (Fsp3) is 0.300. The number of rotatable bonds is 2. The second-order valence-corrected chi connectivity index (χ2v) is 3.43. The molecule has 5 heteroatoms. The molecule has 2 aromatic rings. The van der Waals surface area contributed by atoms with Crippen molar-refractivity contribution in [3.8, 4) is 0 Å². The Hall–Kier alpha value is -1.49. The van der Waals surface area contributed by atoms with Gasteiger partial charge in [-0.1, -0.05) is 0 Å². The lowest BCUT2D eigenvalue weighted by Crippen LogP contribution is -2.18. The number of pyridine rings is 1. The third-order valence-electron chi connectivity index (χ3n) is 2.40. The molecule has 0 saturated carbocycles. The summed E-state index contributed by atoms with van der Waals surface area (Å²) in [6.07, 6.45) is 0.671. The van der Waals surface area contributed by atoms with Gasteiger partial charge < -0.3 is 10.3 Å². The highest BCUT2D eigenvalue weighted by Crippen LogP contribution is 2.26. The molecule has 0 aromatic carbocycles. The zero-order chi connectivity index (χ0) is 11.0. The minimum atomic E-state index is -2.56. The van der Waals surface area contributed by atoms with Gasteiger partial charge in [-0.3, -0.25) is 0 Å². The molecule has 0 amide bonds. The summed E-state index contributed by atoms with van der Waals surface area (Å²) < 4.78 is 26.7. The summed E-state index contributed by atoms with van der Waals surface area (Å²) in [6.45, 7) is 0. The van der Waals surface area contributed by atoms with Gasteiger partial charge in [0.15, 0.2) is 0 Å². The molecule has 0 aliphatic rings. The number of nitrogens with two attached hydrogens (primary N) is 1. The van der Waals surface area contributed by atoms with Crippen LogP contribution in [0.15, 0.2) is 24.5 Å². The smallest absolute Gasteiger partial charge is 0.257 e. The minimum absolute atomic E-state index is 0.440. The quantitative estimate of drug-likeness (QED) is 0.823. The maximum Gasteiger partial charge on any atom is 0.257 e. The Morgan fingerprint density at radius 3 is 2.87 bits per heavy atom. The number of nitrogens with zero attached hydrogens (tertiary/aromatic N) is 2. The van der Waals surface area contributed by atoms with E-state index in [0.717, 1.165) is 0 Å². The number of halogens is 2. The fourth-order valence-corrected chi connectivity index (χ4v) is 1.64. The van der Waals surface area contributed by atoms with Crippen LogP contribution in [0.25, 0.3) is 11.0 Å². The summed E-state index contributed by atoms with van der Waals surface area (Å²) in [5.74, 6) is 0. The highest BCUT2D eigenvalue weighted by molar-refractivity contribution is 5.80. The Balaban J connectivity index is 2.62. The summed E-state index contributed by atoms with van der Waals surface area (Å²) in [5, 5.41) is 0.688. The number of aromatic nitrogens is 2. The van der Waals surface area contributed by atoms with Gasteiger partial charge in [-0.25, -0.2) is 13.8 Å². The van der Waals surface area contributed by atoms with E-state index in [0.29, 0.717) is 16.6 Å². The first kappa shape index (κ1) is 10.0. The molecule has 0 bridgehead atoms. The van der Waals surface area contributed by atoms with Gasteiger partial charge in [0.05, 0.1) is 6.04 Å². The van der Waals surface area contributed by atoms with Gasteiger partial charge in [-0.15, -0.1) is 0 Å². The Kier molecular flexibility index (Phi) is 2.40. The lowest BCUT2D eigenvalue weighted by Gasteiger charge is -2.08. The molecule has 2 rings (SSSR count). The first-order valence-electron chi connectivity index (χ1n) is 4.55. The molecule has 0 aliphatic heterocycles. The van der Waals surface area contributed by atoms with Gasteiger partial charge in [0.1, 0.15) is 5.65 Å². The minimum Gasteiger partial charge on any atom is -0.335 e. The van der Waals surface area contributed by atoms with Crippen LogP contribution in [0.1, 0.15) is 11.6 Å². The second-order valence-electron chi connectivity index (χ2n) is 3.43. The van der Waals surface area contributed by atoms with E-state index in [9.17, 15) is 8.78 Å². The molecule has 0 aliphatic carbocycles. The van der Waals surface area contributed by atoms with Crippen LogP contribution in [0.4, 0.5) is 8.78 Å². The van der Waals surface area contributed by atoms with Crippen molar-refractivity contribution in [1.29, 1.82) is 0 Å². The van der Waals surface area contributed by atoms with Crippen molar-refractivity contribution in [1.82, 2.24) is 9.55 Å². The van der Waals surface area contributed by atoms with E-state index >= 15 is 0 Å². The van der Waals surface area contributed by atoms with Crippen LogP contribution < -0.4 is 5.73 Å². The molecule has 2 N–H and O–H groups in total. The monoisotopic (exact) mass is 211 g/mol. The average Bonchev–Trinajstić information content (AvgIpc) is 2.56. The van der Waals surface area contributed by atoms with Crippen molar-refractivity contribution in [3.05, 3.63) is 30.1 Å². The largest absolute Gasteiger partial charge is 0.335 e. The molecule has 0 spiro atoms. The number of hydrogen-bond donors (Lipinski definition) is 1. The molecule has 1 atom stereocenters. The van der Waals surface area contributed by atoms with Crippen molar-refractivity contribution in [3.63, 3.8) is 0 Å². The number of aryl methyl sites for hydroxylation is 1. The van der Waals surface area contributed by atoms with E-state index in [-0.39, 0.29) is 0 Å². The zero-order valence-electron chi connectivity index (χ0n) is 8.19.